The minimum absolute atomic E-state index is 0.293. The van der Waals surface area contributed by atoms with Crippen LogP contribution in [0.3, 0.4) is 0 Å². The lowest BCUT2D eigenvalue weighted by Crippen LogP contribution is -2.24. The second-order valence-corrected chi connectivity index (χ2v) is 6.83. The van der Waals surface area contributed by atoms with Crippen LogP contribution >= 0.6 is 11.6 Å². The topological polar surface area (TPSA) is 101 Å². The molecule has 1 heterocycles. The van der Waals surface area contributed by atoms with Gasteiger partial charge in [0.15, 0.2) is 17.3 Å². The third kappa shape index (κ3) is 4.72. The van der Waals surface area contributed by atoms with E-state index in [2.05, 4.69) is 25.7 Å². The number of benzene rings is 1. The van der Waals surface area contributed by atoms with E-state index in [0.717, 1.165) is 0 Å². The Morgan fingerprint density at radius 1 is 1.38 bits per heavy atom. The number of hydrogen-bond donors (Lipinski definition) is 2. The Balaban J connectivity index is 2.28. The fourth-order valence-corrected chi connectivity index (χ4v) is 2.48. The third-order valence-corrected chi connectivity index (χ3v) is 3.62. The molecule has 0 radical (unpaired) electrons. The molecule has 0 unspecified atom stereocenters. The van der Waals surface area contributed by atoms with Gasteiger partial charge in [0, 0.05) is 5.41 Å². The molecule has 0 atom stereocenters. The molecular formula is C17H22ClN5O3. The van der Waals surface area contributed by atoms with Gasteiger partial charge in [0.1, 0.15) is 5.69 Å². The summed E-state index contributed by atoms with van der Waals surface area (Å²) in [6.45, 7) is 8.22. The maximum absolute atomic E-state index is 11.5. The van der Waals surface area contributed by atoms with Crippen molar-refractivity contribution in [2.75, 3.05) is 19.1 Å². The van der Waals surface area contributed by atoms with E-state index in [1.807, 2.05) is 27.7 Å². The van der Waals surface area contributed by atoms with Crippen molar-refractivity contribution in [1.29, 1.82) is 0 Å². The van der Waals surface area contributed by atoms with Crippen LogP contribution in [0.5, 0.6) is 11.5 Å². The molecule has 140 valence electrons. The highest BCUT2D eigenvalue weighted by Crippen LogP contribution is 2.36. The van der Waals surface area contributed by atoms with E-state index in [-0.39, 0.29) is 5.41 Å². The molecule has 0 fully saturated rings. The van der Waals surface area contributed by atoms with Crippen LogP contribution in [-0.2, 0) is 5.41 Å². The second-order valence-electron chi connectivity index (χ2n) is 6.42. The summed E-state index contributed by atoms with van der Waals surface area (Å²) < 4.78 is 10.8. The summed E-state index contributed by atoms with van der Waals surface area (Å²) in [5, 5.41) is 10.9. The van der Waals surface area contributed by atoms with E-state index in [1.54, 1.807) is 18.3 Å². The van der Waals surface area contributed by atoms with E-state index >= 15 is 0 Å². The van der Waals surface area contributed by atoms with Crippen LogP contribution < -0.4 is 20.6 Å². The lowest BCUT2D eigenvalue weighted by molar-refractivity contribution is 0.311. The van der Waals surface area contributed by atoms with Crippen LogP contribution in [0.1, 0.15) is 39.0 Å². The number of methoxy groups -OCH3 is 1. The Morgan fingerprint density at radius 2 is 2.12 bits per heavy atom. The summed E-state index contributed by atoms with van der Waals surface area (Å²) in [5.74, 6) is 1.28. The number of nitrogens with zero attached hydrogens (tertiary/aromatic N) is 3. The summed E-state index contributed by atoms with van der Waals surface area (Å²) >= 11 is 6.24. The molecule has 0 saturated carbocycles. The zero-order valence-corrected chi connectivity index (χ0v) is 16.1. The number of nitrogens with one attached hydrogen (secondary N) is 2. The first kappa shape index (κ1) is 19.7. The summed E-state index contributed by atoms with van der Waals surface area (Å²) in [4.78, 5) is 15.4. The third-order valence-electron chi connectivity index (χ3n) is 3.34. The van der Waals surface area contributed by atoms with E-state index in [1.165, 1.54) is 7.11 Å². The average molecular weight is 380 g/mol. The van der Waals surface area contributed by atoms with Crippen molar-refractivity contribution in [3.8, 4) is 11.5 Å². The van der Waals surface area contributed by atoms with Crippen molar-refractivity contribution < 1.29 is 9.47 Å². The van der Waals surface area contributed by atoms with Gasteiger partial charge in [-0.1, -0.05) is 32.4 Å². The van der Waals surface area contributed by atoms with Gasteiger partial charge in [0.25, 0.3) is 0 Å². The molecule has 0 spiro atoms. The van der Waals surface area contributed by atoms with Crippen molar-refractivity contribution in [2.24, 2.45) is 5.10 Å². The van der Waals surface area contributed by atoms with Crippen LogP contribution in [0.25, 0.3) is 0 Å². The van der Waals surface area contributed by atoms with Gasteiger partial charge in [0.2, 0.25) is 0 Å². The van der Waals surface area contributed by atoms with Gasteiger partial charge >= 0.3 is 5.69 Å². The number of hydrazone groups is 1. The monoisotopic (exact) mass is 379 g/mol. The molecule has 0 aliphatic heterocycles. The van der Waals surface area contributed by atoms with Gasteiger partial charge in [0.05, 0.1) is 25.0 Å². The first-order valence-electron chi connectivity index (χ1n) is 8.02. The quantitative estimate of drug-likeness (QED) is 0.591. The maximum Gasteiger partial charge on any atom is 0.363 e. The van der Waals surface area contributed by atoms with Crippen molar-refractivity contribution >= 4 is 23.6 Å². The van der Waals surface area contributed by atoms with E-state index in [9.17, 15) is 4.79 Å². The molecule has 2 aromatic rings. The molecule has 0 bridgehead atoms. The Kier molecular flexibility index (Phi) is 6.20. The smallest absolute Gasteiger partial charge is 0.363 e. The molecule has 9 heteroatoms. The van der Waals surface area contributed by atoms with Crippen LogP contribution in [-0.4, -0.2) is 35.1 Å². The minimum atomic E-state index is -0.554. The Labute approximate surface area is 156 Å². The van der Waals surface area contributed by atoms with Gasteiger partial charge in [-0.25, -0.2) is 9.89 Å². The first-order chi connectivity index (χ1) is 12.3. The second kappa shape index (κ2) is 8.18. The predicted molar refractivity (Wildman–Crippen MR) is 102 cm³/mol. The van der Waals surface area contributed by atoms with Crippen LogP contribution in [0.4, 0.5) is 5.82 Å². The van der Waals surface area contributed by atoms with Gasteiger partial charge in [-0.2, -0.15) is 15.2 Å². The van der Waals surface area contributed by atoms with E-state index in [4.69, 9.17) is 21.1 Å². The Morgan fingerprint density at radius 3 is 2.73 bits per heavy atom. The molecule has 0 amide bonds. The normalized spacial score (nSPS) is 11.6. The highest BCUT2D eigenvalue weighted by molar-refractivity contribution is 6.32. The summed E-state index contributed by atoms with van der Waals surface area (Å²) in [7, 11) is 1.54. The van der Waals surface area contributed by atoms with E-state index in [0.29, 0.717) is 40.2 Å². The minimum Gasteiger partial charge on any atom is -0.493 e. The molecule has 2 N–H and O–H groups in total. The molecule has 1 aromatic heterocycles. The zero-order valence-electron chi connectivity index (χ0n) is 15.4. The number of rotatable bonds is 6. The molecule has 1 aromatic carbocycles. The number of anilines is 1. The van der Waals surface area contributed by atoms with Crippen LogP contribution in [0, 0.1) is 0 Å². The van der Waals surface area contributed by atoms with Gasteiger partial charge in [-0.3, -0.25) is 5.43 Å². The SMILES string of the molecule is CCOc1c(Cl)cc(/C=N/Nc2nc(=O)[nH]nc2C(C)(C)C)cc1OC. The first-order valence-corrected chi connectivity index (χ1v) is 8.40. The highest BCUT2D eigenvalue weighted by Gasteiger charge is 2.21. The predicted octanol–water partition coefficient (Wildman–Crippen LogP) is 2.97. The van der Waals surface area contributed by atoms with Crippen molar-refractivity contribution in [3.05, 3.63) is 38.9 Å². The molecule has 2 rings (SSSR count). The molecule has 8 nitrogen and oxygen atoms in total. The fraction of sp³-hybridized carbons (Fsp3) is 0.412. The number of hydrogen-bond acceptors (Lipinski definition) is 7. The maximum atomic E-state index is 11.5. The highest BCUT2D eigenvalue weighted by atomic mass is 35.5. The number of halogens is 1. The molecule has 0 aliphatic carbocycles. The summed E-state index contributed by atoms with van der Waals surface area (Å²) in [6.07, 6.45) is 1.54. The lowest BCUT2D eigenvalue weighted by atomic mass is 9.92. The van der Waals surface area contributed by atoms with Crippen molar-refractivity contribution in [1.82, 2.24) is 15.2 Å². The molecule has 26 heavy (non-hydrogen) atoms. The largest absolute Gasteiger partial charge is 0.493 e. The molecular weight excluding hydrogens is 358 g/mol. The fourth-order valence-electron chi connectivity index (χ4n) is 2.20. The van der Waals surface area contributed by atoms with Crippen LogP contribution in [0.2, 0.25) is 5.02 Å². The van der Waals surface area contributed by atoms with Crippen molar-refractivity contribution in [3.63, 3.8) is 0 Å². The number of H-pyrrole nitrogens is 1. The van der Waals surface area contributed by atoms with Gasteiger partial charge in [-0.05, 0) is 24.6 Å². The standard InChI is InChI=1S/C17H22ClN5O3/c1-6-26-13-11(18)7-10(8-12(13)25-5)9-19-22-15-14(17(2,3)4)21-23-16(24)20-15/h7-9H,6H2,1-5H3,(H2,20,22,23,24)/b19-9+. The Hall–Kier alpha value is -2.61. The van der Waals surface area contributed by atoms with E-state index < -0.39 is 5.69 Å². The summed E-state index contributed by atoms with van der Waals surface area (Å²) in [5.41, 5.74) is 3.18. The van der Waals surface area contributed by atoms with Gasteiger partial charge in [-0.15, -0.1) is 0 Å². The average Bonchev–Trinajstić information content (AvgIpc) is 2.56. The molecule has 0 aliphatic rings. The number of aromatic nitrogens is 3. The Bertz CT molecular complexity index is 858. The summed E-state index contributed by atoms with van der Waals surface area (Å²) in [6, 6.07) is 3.45. The lowest BCUT2D eigenvalue weighted by Gasteiger charge is -2.18. The molecule has 0 saturated heterocycles. The van der Waals surface area contributed by atoms with Crippen LogP contribution in [0.15, 0.2) is 22.0 Å². The van der Waals surface area contributed by atoms with Gasteiger partial charge < -0.3 is 9.47 Å². The van der Waals surface area contributed by atoms with Crippen molar-refractivity contribution in [2.45, 2.75) is 33.1 Å². The number of ether oxygens (including phenoxy) is 2. The zero-order chi connectivity index (χ0) is 19.3. The number of aromatic amines is 1.